The number of anilines is 3. The van der Waals surface area contributed by atoms with Crippen LogP contribution in [-0.4, -0.2) is 47.8 Å². The third-order valence-electron chi connectivity index (χ3n) is 4.70. The van der Waals surface area contributed by atoms with Crippen molar-refractivity contribution in [1.29, 1.82) is 0 Å². The van der Waals surface area contributed by atoms with Crippen LogP contribution >= 0.6 is 23.1 Å². The standard InChI is InChI=1S/C20H19FN4O3S3/c21-14-6-8-15(9-7-14)22-19-23-24-20(30-19)29-12-18(26)25(16-4-2-1-3-5-16)17-10-11-31(27,28)13-17/h1-9,17H,10-13H2,(H,22,23)/t17-/m0/s1. The van der Waals surface area contributed by atoms with Crippen molar-refractivity contribution in [2.75, 3.05) is 27.5 Å². The molecule has 7 nitrogen and oxygen atoms in total. The predicted octanol–water partition coefficient (Wildman–Crippen LogP) is 3.73. The number of carbonyl (C=O) groups excluding carboxylic acids is 1. The Balaban J connectivity index is 1.42. The van der Waals surface area contributed by atoms with Gasteiger partial charge in [0.15, 0.2) is 14.2 Å². The second kappa shape index (κ2) is 9.33. The van der Waals surface area contributed by atoms with Crippen LogP contribution in [0, 0.1) is 5.82 Å². The van der Waals surface area contributed by atoms with Gasteiger partial charge in [-0.15, -0.1) is 10.2 Å². The molecule has 0 bridgehead atoms. The highest BCUT2D eigenvalue weighted by Gasteiger charge is 2.35. The molecule has 1 atom stereocenters. The van der Waals surface area contributed by atoms with E-state index in [9.17, 15) is 17.6 Å². The molecule has 1 aliphatic rings. The lowest BCUT2D eigenvalue weighted by Crippen LogP contribution is -2.42. The minimum absolute atomic E-state index is 0.0250. The van der Waals surface area contributed by atoms with E-state index in [1.165, 1.54) is 35.2 Å². The molecular formula is C20H19FN4O3S3. The number of sulfone groups is 1. The first-order chi connectivity index (χ1) is 14.9. The van der Waals surface area contributed by atoms with Crippen molar-refractivity contribution in [3.05, 3.63) is 60.4 Å². The Kier molecular flexibility index (Phi) is 6.54. The summed E-state index contributed by atoms with van der Waals surface area (Å²) in [6.07, 6.45) is 0.429. The highest BCUT2D eigenvalue weighted by atomic mass is 32.2. The third-order valence-corrected chi connectivity index (χ3v) is 8.40. The topological polar surface area (TPSA) is 92.3 Å². The summed E-state index contributed by atoms with van der Waals surface area (Å²) in [5.41, 5.74) is 1.37. The zero-order valence-electron chi connectivity index (χ0n) is 16.3. The Morgan fingerprint density at radius 2 is 1.90 bits per heavy atom. The van der Waals surface area contributed by atoms with Gasteiger partial charge < -0.3 is 10.2 Å². The molecule has 162 valence electrons. The largest absolute Gasteiger partial charge is 0.330 e. The molecule has 1 fully saturated rings. The molecule has 0 spiro atoms. The van der Waals surface area contributed by atoms with Crippen LogP contribution in [0.25, 0.3) is 0 Å². The van der Waals surface area contributed by atoms with Gasteiger partial charge in [0.1, 0.15) is 5.82 Å². The van der Waals surface area contributed by atoms with E-state index in [2.05, 4.69) is 15.5 Å². The minimum Gasteiger partial charge on any atom is -0.330 e. The van der Waals surface area contributed by atoms with Crippen LogP contribution in [0.5, 0.6) is 0 Å². The Labute approximate surface area is 187 Å². The van der Waals surface area contributed by atoms with Crippen molar-refractivity contribution in [1.82, 2.24) is 10.2 Å². The van der Waals surface area contributed by atoms with Crippen molar-refractivity contribution in [3.8, 4) is 0 Å². The Hall–Kier alpha value is -2.50. The van der Waals surface area contributed by atoms with Gasteiger partial charge in [-0.3, -0.25) is 4.79 Å². The molecule has 1 N–H and O–H groups in total. The number of amides is 1. The molecule has 1 saturated heterocycles. The summed E-state index contributed by atoms with van der Waals surface area (Å²) in [5.74, 6) is -0.326. The molecule has 4 rings (SSSR count). The molecule has 0 aliphatic carbocycles. The second-order valence-electron chi connectivity index (χ2n) is 6.95. The number of benzene rings is 2. The SMILES string of the molecule is O=C(CSc1nnc(Nc2ccc(F)cc2)s1)N(c1ccccc1)[C@H]1CCS(=O)(=O)C1. The minimum atomic E-state index is -3.13. The molecular weight excluding hydrogens is 459 g/mol. The Bertz CT molecular complexity index is 1150. The van der Waals surface area contributed by atoms with Crippen molar-refractivity contribution in [2.45, 2.75) is 16.8 Å². The average molecular weight is 479 g/mol. The van der Waals surface area contributed by atoms with Crippen LogP contribution in [0.2, 0.25) is 0 Å². The number of hydrogen-bond donors (Lipinski definition) is 1. The van der Waals surface area contributed by atoms with Gasteiger partial charge in [-0.05, 0) is 42.8 Å². The van der Waals surface area contributed by atoms with Gasteiger partial charge in [0, 0.05) is 11.4 Å². The Morgan fingerprint density at radius 3 is 2.58 bits per heavy atom. The van der Waals surface area contributed by atoms with E-state index in [4.69, 9.17) is 0 Å². The maximum atomic E-state index is 13.1. The number of aromatic nitrogens is 2. The molecule has 1 aromatic heterocycles. The van der Waals surface area contributed by atoms with Crippen LogP contribution < -0.4 is 10.2 Å². The van der Waals surface area contributed by atoms with Crippen molar-refractivity contribution in [3.63, 3.8) is 0 Å². The highest BCUT2D eigenvalue weighted by Crippen LogP contribution is 2.30. The zero-order valence-corrected chi connectivity index (χ0v) is 18.7. The number of para-hydroxylation sites is 1. The van der Waals surface area contributed by atoms with Crippen LogP contribution in [0.15, 0.2) is 58.9 Å². The van der Waals surface area contributed by atoms with Gasteiger partial charge in [-0.1, -0.05) is 41.3 Å². The summed E-state index contributed by atoms with van der Waals surface area (Å²) in [4.78, 5) is 14.7. The first kappa shape index (κ1) is 21.7. The van der Waals surface area contributed by atoms with E-state index in [0.717, 1.165) is 0 Å². The molecule has 11 heteroatoms. The van der Waals surface area contributed by atoms with E-state index in [-0.39, 0.29) is 35.0 Å². The number of rotatable bonds is 7. The maximum absolute atomic E-state index is 13.1. The molecule has 3 aromatic rings. The number of halogens is 1. The molecule has 2 heterocycles. The van der Waals surface area contributed by atoms with Gasteiger partial charge in [-0.25, -0.2) is 12.8 Å². The van der Waals surface area contributed by atoms with Crippen molar-refractivity contribution in [2.24, 2.45) is 0 Å². The second-order valence-corrected chi connectivity index (χ2v) is 11.4. The quantitative estimate of drug-likeness (QED) is 0.517. The van der Waals surface area contributed by atoms with Crippen LogP contribution in [0.1, 0.15) is 6.42 Å². The number of nitrogens with one attached hydrogen (secondary N) is 1. The van der Waals surface area contributed by atoms with E-state index < -0.39 is 9.84 Å². The lowest BCUT2D eigenvalue weighted by molar-refractivity contribution is -0.116. The molecule has 1 aliphatic heterocycles. The third kappa shape index (κ3) is 5.60. The Morgan fingerprint density at radius 1 is 1.16 bits per heavy atom. The van der Waals surface area contributed by atoms with Gasteiger partial charge in [0.25, 0.3) is 0 Å². The normalized spacial score (nSPS) is 17.4. The van der Waals surface area contributed by atoms with Gasteiger partial charge in [0.2, 0.25) is 11.0 Å². The van der Waals surface area contributed by atoms with E-state index in [1.807, 2.05) is 30.3 Å². The molecule has 0 radical (unpaired) electrons. The van der Waals surface area contributed by atoms with Crippen molar-refractivity contribution < 1.29 is 17.6 Å². The summed E-state index contributed by atoms with van der Waals surface area (Å²) < 4.78 is 37.5. The first-order valence-corrected chi connectivity index (χ1v) is 13.1. The lowest BCUT2D eigenvalue weighted by Gasteiger charge is -2.28. The fourth-order valence-corrected chi connectivity index (χ4v) is 6.63. The number of hydrogen-bond acceptors (Lipinski definition) is 8. The monoisotopic (exact) mass is 478 g/mol. The predicted molar refractivity (Wildman–Crippen MR) is 121 cm³/mol. The summed E-state index contributed by atoms with van der Waals surface area (Å²) in [5, 5.41) is 11.7. The van der Waals surface area contributed by atoms with Gasteiger partial charge in [0.05, 0.1) is 23.3 Å². The van der Waals surface area contributed by atoms with E-state index in [0.29, 0.717) is 27.3 Å². The molecule has 1 amide bonds. The summed E-state index contributed by atoms with van der Waals surface area (Å²) in [6, 6.07) is 14.6. The summed E-state index contributed by atoms with van der Waals surface area (Å²) >= 11 is 2.53. The van der Waals surface area contributed by atoms with Crippen LogP contribution in [0.3, 0.4) is 0 Å². The molecule has 2 aromatic carbocycles. The maximum Gasteiger partial charge on any atom is 0.237 e. The number of carbonyl (C=O) groups is 1. The molecule has 31 heavy (non-hydrogen) atoms. The smallest absolute Gasteiger partial charge is 0.237 e. The van der Waals surface area contributed by atoms with Crippen molar-refractivity contribution >= 4 is 55.3 Å². The highest BCUT2D eigenvalue weighted by molar-refractivity contribution is 8.01. The molecule has 0 unspecified atom stereocenters. The average Bonchev–Trinajstić information content (AvgIpc) is 3.35. The zero-order chi connectivity index (χ0) is 21.8. The lowest BCUT2D eigenvalue weighted by atomic mass is 10.2. The van der Waals surface area contributed by atoms with Crippen LogP contribution in [0.4, 0.5) is 20.9 Å². The van der Waals surface area contributed by atoms with E-state index in [1.54, 1.807) is 17.0 Å². The van der Waals surface area contributed by atoms with Crippen LogP contribution in [-0.2, 0) is 14.6 Å². The first-order valence-electron chi connectivity index (χ1n) is 9.46. The summed E-state index contributed by atoms with van der Waals surface area (Å²) in [7, 11) is -3.13. The number of thioether (sulfide) groups is 1. The summed E-state index contributed by atoms with van der Waals surface area (Å²) in [6.45, 7) is 0. The van der Waals surface area contributed by atoms with Gasteiger partial charge in [-0.2, -0.15) is 0 Å². The molecule has 0 saturated carbocycles. The number of nitrogens with zero attached hydrogens (tertiary/aromatic N) is 3. The fourth-order valence-electron chi connectivity index (χ4n) is 3.29. The van der Waals surface area contributed by atoms with E-state index >= 15 is 0 Å². The fraction of sp³-hybridized carbons (Fsp3) is 0.250. The van der Waals surface area contributed by atoms with Gasteiger partial charge >= 0.3 is 0 Å².